The van der Waals surface area contributed by atoms with Crippen LogP contribution in [0.2, 0.25) is 0 Å². The van der Waals surface area contributed by atoms with Gasteiger partial charge in [0.15, 0.2) is 0 Å². The number of ether oxygens (including phenoxy) is 1. The third kappa shape index (κ3) is 5.08. The van der Waals surface area contributed by atoms with Crippen LogP contribution in [0.1, 0.15) is 18.7 Å². The van der Waals surface area contributed by atoms with E-state index in [1.54, 1.807) is 0 Å². The molecule has 0 bridgehead atoms. The van der Waals surface area contributed by atoms with Gasteiger partial charge in [-0.05, 0) is 31.5 Å². The molecule has 0 radical (unpaired) electrons. The van der Waals surface area contributed by atoms with Gasteiger partial charge in [0.25, 0.3) is 0 Å². The molecule has 0 unspecified atom stereocenters. The topological polar surface area (TPSA) is 33.5 Å². The highest BCUT2D eigenvalue weighted by Gasteiger charge is 2.17. The molecule has 2 heterocycles. The second kappa shape index (κ2) is 8.85. The van der Waals surface area contributed by atoms with E-state index in [9.17, 15) is 0 Å². The summed E-state index contributed by atoms with van der Waals surface area (Å²) in [6.45, 7) is 7.52. The zero-order valence-corrected chi connectivity index (χ0v) is 14.6. The average Bonchev–Trinajstić information content (AvgIpc) is 3.02. The number of imidazole rings is 1. The van der Waals surface area contributed by atoms with E-state index < -0.39 is 0 Å². The Morgan fingerprint density at radius 2 is 1.75 bits per heavy atom. The lowest BCUT2D eigenvalue weighted by molar-refractivity contribution is 0.121. The van der Waals surface area contributed by atoms with Gasteiger partial charge in [0.1, 0.15) is 11.6 Å². The number of hydrogen-bond donors (Lipinski definition) is 0. The summed E-state index contributed by atoms with van der Waals surface area (Å²) in [6.07, 6.45) is 6.21. The number of piperazine rings is 1. The number of hydrogen-bond acceptors (Lipinski definition) is 4. The van der Waals surface area contributed by atoms with Crippen LogP contribution in [0.5, 0.6) is 5.75 Å². The zero-order valence-electron chi connectivity index (χ0n) is 14.6. The highest BCUT2D eigenvalue weighted by molar-refractivity contribution is 5.20. The lowest BCUT2D eigenvalue weighted by Crippen LogP contribution is -2.46. The van der Waals surface area contributed by atoms with Crippen LogP contribution < -0.4 is 4.74 Å². The van der Waals surface area contributed by atoms with E-state index in [1.165, 1.54) is 13.0 Å². The first-order chi connectivity index (χ1) is 11.8. The maximum absolute atomic E-state index is 5.75. The number of aromatic nitrogens is 2. The van der Waals surface area contributed by atoms with E-state index >= 15 is 0 Å². The van der Waals surface area contributed by atoms with Gasteiger partial charge < -0.3 is 14.2 Å². The molecule has 0 spiro atoms. The van der Waals surface area contributed by atoms with Crippen LogP contribution in [0, 0.1) is 0 Å². The summed E-state index contributed by atoms with van der Waals surface area (Å²) in [5, 5.41) is 0. The summed E-state index contributed by atoms with van der Waals surface area (Å²) in [5.74, 6) is 2.13. The van der Waals surface area contributed by atoms with Crippen molar-refractivity contribution in [2.75, 3.05) is 39.3 Å². The van der Waals surface area contributed by atoms with Crippen LogP contribution in [0.4, 0.5) is 0 Å². The molecular weight excluding hydrogens is 300 g/mol. The number of rotatable bonds is 8. The molecule has 3 rings (SSSR count). The summed E-state index contributed by atoms with van der Waals surface area (Å²) in [5.41, 5.74) is 0. The van der Waals surface area contributed by atoms with Crippen LogP contribution >= 0.6 is 0 Å². The lowest BCUT2D eigenvalue weighted by atomic mass is 10.2. The molecule has 0 atom stereocenters. The van der Waals surface area contributed by atoms with Gasteiger partial charge in [0.2, 0.25) is 0 Å². The molecule has 130 valence electrons. The highest BCUT2D eigenvalue weighted by atomic mass is 16.5. The first-order valence-electron chi connectivity index (χ1n) is 8.90. The van der Waals surface area contributed by atoms with Crippen molar-refractivity contribution in [3.63, 3.8) is 0 Å². The van der Waals surface area contributed by atoms with Crippen LogP contribution in [0.15, 0.2) is 42.7 Å². The predicted molar refractivity (Wildman–Crippen MR) is 96.1 cm³/mol. The van der Waals surface area contributed by atoms with Gasteiger partial charge in [-0.1, -0.05) is 18.2 Å². The first kappa shape index (κ1) is 17.0. The Balaban J connectivity index is 1.27. The van der Waals surface area contributed by atoms with Crippen molar-refractivity contribution in [2.24, 2.45) is 7.05 Å². The second-order valence-electron chi connectivity index (χ2n) is 6.44. The molecule has 24 heavy (non-hydrogen) atoms. The van der Waals surface area contributed by atoms with Gasteiger partial charge in [-0.3, -0.25) is 4.90 Å². The molecular formula is C19H28N4O. The minimum atomic E-state index is 0.809. The van der Waals surface area contributed by atoms with E-state index in [0.29, 0.717) is 0 Å². The Morgan fingerprint density at radius 3 is 2.46 bits per heavy atom. The Kier molecular flexibility index (Phi) is 6.26. The fourth-order valence-corrected chi connectivity index (χ4v) is 3.06. The smallest absolute Gasteiger partial charge is 0.122 e. The Labute approximate surface area is 144 Å². The van der Waals surface area contributed by atoms with Crippen LogP contribution in [-0.2, 0) is 13.6 Å². The molecule has 1 aromatic heterocycles. The molecule has 1 fully saturated rings. The molecule has 1 aliphatic rings. The van der Waals surface area contributed by atoms with Crippen LogP contribution in [-0.4, -0.2) is 58.7 Å². The van der Waals surface area contributed by atoms with Crippen molar-refractivity contribution in [2.45, 2.75) is 19.4 Å². The third-order valence-electron chi connectivity index (χ3n) is 4.63. The highest BCUT2D eigenvalue weighted by Crippen LogP contribution is 2.10. The normalized spacial score (nSPS) is 16.4. The van der Waals surface area contributed by atoms with Crippen LogP contribution in [0.25, 0.3) is 0 Å². The molecule has 1 aliphatic heterocycles. The third-order valence-corrected chi connectivity index (χ3v) is 4.63. The number of aryl methyl sites for hydroxylation is 1. The van der Waals surface area contributed by atoms with Gasteiger partial charge in [-0.2, -0.15) is 0 Å². The number of para-hydroxylation sites is 1. The fourth-order valence-electron chi connectivity index (χ4n) is 3.06. The van der Waals surface area contributed by atoms with Crippen molar-refractivity contribution in [3.8, 4) is 5.75 Å². The standard InChI is InChI=1S/C19H28N4O/c1-21-11-9-20-19(21)17-23-14-12-22(13-15-23)10-5-6-16-24-18-7-3-2-4-8-18/h2-4,7-9,11H,5-6,10,12-17H2,1H3. The Bertz CT molecular complexity index is 590. The van der Waals surface area contributed by atoms with Crippen molar-refractivity contribution in [3.05, 3.63) is 48.5 Å². The second-order valence-corrected chi connectivity index (χ2v) is 6.44. The number of benzene rings is 1. The summed E-state index contributed by atoms with van der Waals surface area (Å²) in [6, 6.07) is 10.1. The molecule has 0 aliphatic carbocycles. The van der Waals surface area contributed by atoms with Crippen LogP contribution in [0.3, 0.4) is 0 Å². The maximum Gasteiger partial charge on any atom is 0.122 e. The van der Waals surface area contributed by atoms with Crippen molar-refractivity contribution in [1.82, 2.24) is 19.4 Å². The van der Waals surface area contributed by atoms with Gasteiger partial charge in [-0.25, -0.2) is 4.98 Å². The van der Waals surface area contributed by atoms with Crippen molar-refractivity contribution < 1.29 is 4.74 Å². The van der Waals surface area contributed by atoms with Gasteiger partial charge in [0, 0.05) is 45.6 Å². The van der Waals surface area contributed by atoms with E-state index in [1.807, 2.05) is 42.7 Å². The predicted octanol–water partition coefficient (Wildman–Crippen LogP) is 2.40. The molecule has 1 saturated heterocycles. The number of nitrogens with zero attached hydrogens (tertiary/aromatic N) is 4. The molecule has 0 amide bonds. The molecule has 1 aromatic carbocycles. The largest absolute Gasteiger partial charge is 0.494 e. The Hall–Kier alpha value is -1.85. The van der Waals surface area contributed by atoms with Crippen molar-refractivity contribution in [1.29, 1.82) is 0 Å². The molecule has 0 saturated carbocycles. The Morgan fingerprint density at radius 1 is 1.00 bits per heavy atom. The van der Waals surface area contributed by atoms with E-state index in [0.717, 1.165) is 57.3 Å². The van der Waals surface area contributed by atoms with E-state index in [-0.39, 0.29) is 0 Å². The lowest BCUT2D eigenvalue weighted by Gasteiger charge is -2.34. The van der Waals surface area contributed by atoms with E-state index in [4.69, 9.17) is 4.74 Å². The molecule has 0 N–H and O–H groups in total. The first-order valence-corrected chi connectivity index (χ1v) is 8.90. The SMILES string of the molecule is Cn1ccnc1CN1CCN(CCCCOc2ccccc2)CC1. The number of unbranched alkanes of at least 4 members (excludes halogenated alkanes) is 1. The summed E-state index contributed by atoms with van der Waals surface area (Å²) in [7, 11) is 2.07. The fraction of sp³-hybridized carbons (Fsp3) is 0.526. The van der Waals surface area contributed by atoms with Gasteiger partial charge in [-0.15, -0.1) is 0 Å². The molecule has 5 nitrogen and oxygen atoms in total. The average molecular weight is 328 g/mol. The van der Waals surface area contributed by atoms with Gasteiger partial charge in [0.05, 0.1) is 13.2 Å². The van der Waals surface area contributed by atoms with E-state index in [2.05, 4.69) is 26.4 Å². The minimum Gasteiger partial charge on any atom is -0.494 e. The van der Waals surface area contributed by atoms with Gasteiger partial charge >= 0.3 is 0 Å². The molecule has 2 aromatic rings. The summed E-state index contributed by atoms with van der Waals surface area (Å²) < 4.78 is 7.86. The summed E-state index contributed by atoms with van der Waals surface area (Å²) >= 11 is 0. The minimum absolute atomic E-state index is 0.809. The molecule has 5 heteroatoms. The maximum atomic E-state index is 5.75. The zero-order chi connectivity index (χ0) is 16.6. The van der Waals surface area contributed by atoms with Crippen molar-refractivity contribution >= 4 is 0 Å². The quantitative estimate of drug-likeness (QED) is 0.697. The monoisotopic (exact) mass is 328 g/mol. The summed E-state index contributed by atoms with van der Waals surface area (Å²) in [4.78, 5) is 9.48.